The molecular weight excluding hydrogens is 340 g/mol. The van der Waals surface area contributed by atoms with Crippen LogP contribution in [0.1, 0.15) is 35.3 Å². The zero-order valence-corrected chi connectivity index (χ0v) is 14.7. The Kier molecular flexibility index (Phi) is 4.86. The second-order valence-corrected chi connectivity index (χ2v) is 6.37. The van der Waals surface area contributed by atoms with Crippen molar-refractivity contribution >= 4 is 28.9 Å². The summed E-state index contributed by atoms with van der Waals surface area (Å²) in [7, 11) is 1.28. The topological polar surface area (TPSA) is 84.3 Å². The number of nitriles is 1. The molecule has 6 nitrogen and oxygen atoms in total. The maximum Gasteiger partial charge on any atom is 0.357 e. The Balaban J connectivity index is 2.04. The lowest BCUT2D eigenvalue weighted by Gasteiger charge is -2.29. The predicted octanol–water partition coefficient (Wildman–Crippen LogP) is 3.36. The van der Waals surface area contributed by atoms with Crippen molar-refractivity contribution in [3.05, 3.63) is 40.7 Å². The summed E-state index contributed by atoms with van der Waals surface area (Å²) in [5, 5.41) is 9.80. The molecule has 0 unspecified atom stereocenters. The second-order valence-electron chi connectivity index (χ2n) is 5.96. The van der Waals surface area contributed by atoms with Gasteiger partial charge in [-0.2, -0.15) is 5.26 Å². The Labute approximate surface area is 151 Å². The Hall–Kier alpha value is -2.65. The number of hydrogen-bond donors (Lipinski definition) is 1. The summed E-state index contributed by atoms with van der Waals surface area (Å²) < 4.78 is 6.34. The number of ether oxygens (including phenoxy) is 1. The molecule has 1 aliphatic heterocycles. The molecule has 130 valence electrons. The van der Waals surface area contributed by atoms with Crippen LogP contribution in [0, 0.1) is 11.3 Å². The largest absolute Gasteiger partial charge is 0.464 e. The fraction of sp³-hybridized carbons (Fsp3) is 0.333. The molecule has 7 heteroatoms. The van der Waals surface area contributed by atoms with Gasteiger partial charge < -0.3 is 19.9 Å². The summed E-state index contributed by atoms with van der Waals surface area (Å²) in [5.74, 6) is -0.602. The van der Waals surface area contributed by atoms with E-state index in [9.17, 15) is 10.1 Å². The van der Waals surface area contributed by atoms with E-state index in [1.807, 2.05) is 18.2 Å². The van der Waals surface area contributed by atoms with E-state index in [0.717, 1.165) is 31.6 Å². The van der Waals surface area contributed by atoms with Crippen molar-refractivity contribution in [3.63, 3.8) is 0 Å². The van der Waals surface area contributed by atoms with Crippen molar-refractivity contribution in [1.82, 2.24) is 4.57 Å². The summed E-state index contributed by atoms with van der Waals surface area (Å²) in [6, 6.07) is 7.56. The van der Waals surface area contributed by atoms with Crippen LogP contribution < -0.4 is 10.6 Å². The van der Waals surface area contributed by atoms with Gasteiger partial charge in [0.15, 0.2) is 5.69 Å². The van der Waals surface area contributed by atoms with Gasteiger partial charge in [-0.15, -0.1) is 0 Å². The average Bonchev–Trinajstić information content (AvgIpc) is 2.98. The molecule has 0 radical (unpaired) electrons. The van der Waals surface area contributed by atoms with Crippen LogP contribution >= 0.6 is 11.6 Å². The maximum absolute atomic E-state index is 12.1. The molecule has 3 rings (SSSR count). The number of aromatic nitrogens is 1. The number of rotatable bonds is 3. The summed E-state index contributed by atoms with van der Waals surface area (Å²) in [6.07, 6.45) is 5.08. The zero-order chi connectivity index (χ0) is 18.0. The number of carbonyl (C=O) groups is 1. The summed E-state index contributed by atoms with van der Waals surface area (Å²) in [4.78, 5) is 14.3. The van der Waals surface area contributed by atoms with Crippen LogP contribution in [0.4, 0.5) is 11.4 Å². The van der Waals surface area contributed by atoms with Gasteiger partial charge in [0.2, 0.25) is 0 Å². The lowest BCUT2D eigenvalue weighted by atomic mass is 10.1. The number of hydrogen-bond acceptors (Lipinski definition) is 5. The predicted molar refractivity (Wildman–Crippen MR) is 97.3 cm³/mol. The molecule has 1 aromatic carbocycles. The van der Waals surface area contributed by atoms with E-state index in [1.54, 1.807) is 10.6 Å². The minimum atomic E-state index is -0.602. The average molecular weight is 359 g/mol. The van der Waals surface area contributed by atoms with Gasteiger partial charge in [-0.05, 0) is 37.5 Å². The van der Waals surface area contributed by atoms with E-state index in [1.165, 1.54) is 19.7 Å². The number of halogens is 1. The number of piperidine rings is 1. The van der Waals surface area contributed by atoms with Crippen molar-refractivity contribution in [2.75, 3.05) is 30.8 Å². The van der Waals surface area contributed by atoms with Gasteiger partial charge in [-0.3, -0.25) is 0 Å². The normalized spacial score (nSPS) is 14.2. The smallest absolute Gasteiger partial charge is 0.357 e. The van der Waals surface area contributed by atoms with E-state index in [4.69, 9.17) is 22.1 Å². The minimum Gasteiger partial charge on any atom is -0.464 e. The van der Waals surface area contributed by atoms with Gasteiger partial charge in [0.1, 0.15) is 6.07 Å². The third kappa shape index (κ3) is 3.15. The van der Waals surface area contributed by atoms with Crippen LogP contribution in [0.2, 0.25) is 5.02 Å². The Morgan fingerprint density at radius 2 is 2.04 bits per heavy atom. The van der Waals surface area contributed by atoms with Crippen LogP contribution in [-0.4, -0.2) is 30.7 Å². The number of nitrogens with two attached hydrogens (primary N) is 1. The fourth-order valence-electron chi connectivity index (χ4n) is 3.16. The van der Waals surface area contributed by atoms with Crippen molar-refractivity contribution in [3.8, 4) is 11.8 Å². The molecule has 0 spiro atoms. The SMILES string of the molecule is COC(=O)c1c(N)c(C#N)cn1-c1ccc(N2CCCCC2)c(Cl)c1. The van der Waals surface area contributed by atoms with Gasteiger partial charge in [0, 0.05) is 25.0 Å². The fourth-order valence-corrected chi connectivity index (χ4v) is 3.45. The third-order valence-electron chi connectivity index (χ3n) is 4.45. The molecule has 2 heterocycles. The van der Waals surface area contributed by atoms with Crippen molar-refractivity contribution in [2.45, 2.75) is 19.3 Å². The van der Waals surface area contributed by atoms with Crippen LogP contribution in [-0.2, 0) is 4.74 Å². The lowest BCUT2D eigenvalue weighted by molar-refractivity contribution is 0.0593. The molecule has 0 saturated carbocycles. The van der Waals surface area contributed by atoms with Gasteiger partial charge in [-0.25, -0.2) is 4.79 Å². The lowest BCUT2D eigenvalue weighted by Crippen LogP contribution is -2.29. The summed E-state index contributed by atoms with van der Waals surface area (Å²) in [6.45, 7) is 1.98. The number of anilines is 2. The highest BCUT2D eigenvalue weighted by atomic mass is 35.5. The number of nitrogen functional groups attached to an aromatic ring is 1. The van der Waals surface area contributed by atoms with Gasteiger partial charge in [0.05, 0.1) is 29.1 Å². The highest BCUT2D eigenvalue weighted by Crippen LogP contribution is 2.32. The summed E-state index contributed by atoms with van der Waals surface area (Å²) >= 11 is 6.49. The molecule has 25 heavy (non-hydrogen) atoms. The highest BCUT2D eigenvalue weighted by molar-refractivity contribution is 6.33. The van der Waals surface area contributed by atoms with E-state index in [-0.39, 0.29) is 16.9 Å². The molecule has 1 fully saturated rings. The van der Waals surface area contributed by atoms with E-state index in [2.05, 4.69) is 4.90 Å². The molecule has 1 aliphatic rings. The minimum absolute atomic E-state index is 0.102. The molecular formula is C18H19ClN4O2. The Morgan fingerprint density at radius 3 is 2.64 bits per heavy atom. The van der Waals surface area contributed by atoms with Crippen LogP contribution in [0.15, 0.2) is 24.4 Å². The molecule has 0 bridgehead atoms. The molecule has 2 aromatic rings. The van der Waals surface area contributed by atoms with Crippen LogP contribution in [0.25, 0.3) is 5.69 Å². The molecule has 1 saturated heterocycles. The number of nitrogens with zero attached hydrogens (tertiary/aromatic N) is 3. The molecule has 1 aromatic heterocycles. The van der Waals surface area contributed by atoms with E-state index < -0.39 is 5.97 Å². The first-order valence-electron chi connectivity index (χ1n) is 8.11. The summed E-state index contributed by atoms with van der Waals surface area (Å²) in [5.41, 5.74) is 8.00. The zero-order valence-electron chi connectivity index (χ0n) is 14.0. The van der Waals surface area contributed by atoms with Crippen LogP contribution in [0.5, 0.6) is 0 Å². The quantitative estimate of drug-likeness (QED) is 0.850. The standard InChI is InChI=1S/C18H19ClN4O2/c1-25-18(24)17-16(21)12(10-20)11-23(17)13-5-6-15(14(19)9-13)22-7-3-2-4-8-22/h5-6,9,11H,2-4,7-8,21H2,1H3. The monoisotopic (exact) mass is 358 g/mol. The Bertz CT molecular complexity index is 847. The first kappa shape index (κ1) is 17.2. The van der Waals surface area contributed by atoms with Gasteiger partial charge >= 0.3 is 5.97 Å². The molecule has 0 amide bonds. The first-order valence-corrected chi connectivity index (χ1v) is 8.48. The Morgan fingerprint density at radius 1 is 1.32 bits per heavy atom. The number of benzene rings is 1. The first-order chi connectivity index (χ1) is 12.1. The molecule has 0 atom stereocenters. The maximum atomic E-state index is 12.1. The van der Waals surface area contributed by atoms with E-state index >= 15 is 0 Å². The molecule has 0 aliphatic carbocycles. The number of esters is 1. The van der Waals surface area contributed by atoms with Crippen molar-refractivity contribution < 1.29 is 9.53 Å². The van der Waals surface area contributed by atoms with Crippen molar-refractivity contribution in [1.29, 1.82) is 5.26 Å². The highest BCUT2D eigenvalue weighted by Gasteiger charge is 2.22. The number of methoxy groups -OCH3 is 1. The second kappa shape index (κ2) is 7.08. The third-order valence-corrected chi connectivity index (χ3v) is 4.75. The van der Waals surface area contributed by atoms with Gasteiger partial charge in [-0.1, -0.05) is 11.6 Å². The molecule has 2 N–H and O–H groups in total. The van der Waals surface area contributed by atoms with Crippen molar-refractivity contribution in [2.24, 2.45) is 0 Å². The van der Waals surface area contributed by atoms with Crippen LogP contribution in [0.3, 0.4) is 0 Å². The number of carbonyl (C=O) groups excluding carboxylic acids is 1. The van der Waals surface area contributed by atoms with Gasteiger partial charge in [0.25, 0.3) is 0 Å². The van der Waals surface area contributed by atoms with E-state index in [0.29, 0.717) is 10.7 Å².